The lowest BCUT2D eigenvalue weighted by atomic mass is 9.99. The summed E-state index contributed by atoms with van der Waals surface area (Å²) in [6.07, 6.45) is 52.4. The van der Waals surface area contributed by atoms with Crippen molar-refractivity contribution in [1.82, 2.24) is 0 Å². The highest BCUT2D eigenvalue weighted by Crippen LogP contribution is 2.18. The highest BCUT2D eigenvalue weighted by Gasteiger charge is 2.19. The van der Waals surface area contributed by atoms with Crippen LogP contribution in [0.1, 0.15) is 317 Å². The van der Waals surface area contributed by atoms with Crippen molar-refractivity contribution in [1.29, 1.82) is 0 Å². The van der Waals surface area contributed by atoms with Gasteiger partial charge in [-0.05, 0) is 31.1 Å². The quantitative estimate of drug-likeness (QED) is 0.0344. The van der Waals surface area contributed by atoms with E-state index in [2.05, 4.69) is 34.6 Å². The van der Waals surface area contributed by atoms with Crippen LogP contribution in [0.15, 0.2) is 0 Å². The largest absolute Gasteiger partial charge is 0.462 e. The fraction of sp³-hybridized carbons (Fsp3) is 0.947. The molecule has 0 aliphatic carbocycles. The zero-order valence-electron chi connectivity index (χ0n) is 43.2. The molecule has 1 unspecified atom stereocenters. The minimum absolute atomic E-state index is 0.0635. The summed E-state index contributed by atoms with van der Waals surface area (Å²) in [4.78, 5) is 38.0. The normalized spacial score (nSPS) is 12.5. The maximum Gasteiger partial charge on any atom is 0.306 e. The molecule has 0 bridgehead atoms. The minimum atomic E-state index is -0.762. The Morgan fingerprint density at radius 3 is 0.905 bits per heavy atom. The lowest BCUT2D eigenvalue weighted by Crippen LogP contribution is -2.30. The summed E-state index contributed by atoms with van der Waals surface area (Å²) in [6.45, 7) is 11.4. The van der Waals surface area contributed by atoms with E-state index in [0.29, 0.717) is 19.3 Å². The third kappa shape index (κ3) is 49.7. The molecule has 6 nitrogen and oxygen atoms in total. The number of carbonyl (C=O) groups is 3. The van der Waals surface area contributed by atoms with Crippen LogP contribution in [0.25, 0.3) is 0 Å². The number of rotatable bonds is 51. The molecule has 0 aromatic rings. The molecule has 0 aliphatic heterocycles. The Morgan fingerprint density at radius 2 is 0.603 bits per heavy atom. The molecule has 63 heavy (non-hydrogen) atoms. The summed E-state index contributed by atoms with van der Waals surface area (Å²) in [5, 5.41) is 0. The van der Waals surface area contributed by atoms with Crippen LogP contribution in [-0.4, -0.2) is 37.2 Å². The molecule has 0 radical (unpaired) electrons. The van der Waals surface area contributed by atoms with Gasteiger partial charge in [0.1, 0.15) is 13.2 Å². The van der Waals surface area contributed by atoms with Crippen molar-refractivity contribution in [3.63, 3.8) is 0 Å². The fourth-order valence-corrected chi connectivity index (χ4v) is 8.66. The SMILES string of the molecule is CCCCCCCCCCCCCCCC(=O)O[C@@H](COC(=O)CCCCCCCCCCCCCCCCCCCCC(C)CC)COC(=O)CCCCCCCCCC(C)C. The summed E-state index contributed by atoms with van der Waals surface area (Å²) in [6, 6.07) is 0. The van der Waals surface area contributed by atoms with Crippen LogP contribution in [0.3, 0.4) is 0 Å². The summed E-state index contributed by atoms with van der Waals surface area (Å²) in [7, 11) is 0. The zero-order chi connectivity index (χ0) is 46.1. The molecule has 0 heterocycles. The summed E-state index contributed by atoms with van der Waals surface area (Å²) in [5.41, 5.74) is 0. The van der Waals surface area contributed by atoms with Crippen LogP contribution in [0.5, 0.6) is 0 Å². The van der Waals surface area contributed by atoms with Gasteiger partial charge >= 0.3 is 17.9 Å². The highest BCUT2D eigenvalue weighted by atomic mass is 16.6. The van der Waals surface area contributed by atoms with Gasteiger partial charge in [0, 0.05) is 19.3 Å². The van der Waals surface area contributed by atoms with E-state index in [1.165, 1.54) is 205 Å². The number of hydrogen-bond acceptors (Lipinski definition) is 6. The molecule has 0 saturated carbocycles. The van der Waals surface area contributed by atoms with Crippen LogP contribution in [0.4, 0.5) is 0 Å². The molecule has 0 spiro atoms. The zero-order valence-corrected chi connectivity index (χ0v) is 43.2. The van der Waals surface area contributed by atoms with Crippen LogP contribution in [-0.2, 0) is 28.6 Å². The number of unbranched alkanes of at least 4 members (excludes halogenated alkanes) is 35. The number of esters is 3. The third-order valence-corrected chi connectivity index (χ3v) is 13.3. The van der Waals surface area contributed by atoms with Gasteiger partial charge in [0.25, 0.3) is 0 Å². The molecule has 2 atom stereocenters. The molecule has 0 aromatic carbocycles. The molecule has 0 fully saturated rings. The van der Waals surface area contributed by atoms with E-state index in [1.54, 1.807) is 0 Å². The first-order valence-electron chi connectivity index (χ1n) is 28.3. The van der Waals surface area contributed by atoms with Gasteiger partial charge in [-0.2, -0.15) is 0 Å². The number of hydrogen-bond donors (Lipinski definition) is 0. The van der Waals surface area contributed by atoms with Crippen LogP contribution >= 0.6 is 0 Å². The van der Waals surface area contributed by atoms with Gasteiger partial charge < -0.3 is 14.2 Å². The van der Waals surface area contributed by atoms with E-state index in [-0.39, 0.29) is 31.1 Å². The Balaban J connectivity index is 4.18. The lowest BCUT2D eigenvalue weighted by molar-refractivity contribution is -0.167. The van der Waals surface area contributed by atoms with Crippen molar-refractivity contribution >= 4 is 17.9 Å². The van der Waals surface area contributed by atoms with Gasteiger partial charge in [0.15, 0.2) is 6.10 Å². The maximum atomic E-state index is 12.8. The van der Waals surface area contributed by atoms with Gasteiger partial charge in [-0.15, -0.1) is 0 Å². The first-order valence-corrected chi connectivity index (χ1v) is 28.3. The van der Waals surface area contributed by atoms with Gasteiger partial charge in [-0.25, -0.2) is 0 Å². The molecule has 0 aromatic heterocycles. The fourth-order valence-electron chi connectivity index (χ4n) is 8.66. The summed E-state index contributed by atoms with van der Waals surface area (Å²) >= 11 is 0. The maximum absolute atomic E-state index is 12.8. The molecular weight excluding hydrogens is 781 g/mol. The average Bonchev–Trinajstić information content (AvgIpc) is 3.27. The molecule has 0 N–H and O–H groups in total. The second-order valence-corrected chi connectivity index (χ2v) is 20.3. The Morgan fingerprint density at radius 1 is 0.333 bits per heavy atom. The van der Waals surface area contributed by atoms with E-state index in [4.69, 9.17) is 14.2 Å². The Hall–Kier alpha value is -1.59. The van der Waals surface area contributed by atoms with Gasteiger partial charge in [0.2, 0.25) is 0 Å². The molecule has 0 rings (SSSR count). The molecule has 6 heteroatoms. The smallest absolute Gasteiger partial charge is 0.306 e. The first kappa shape index (κ1) is 61.4. The topological polar surface area (TPSA) is 78.9 Å². The van der Waals surface area contributed by atoms with Gasteiger partial charge in [-0.3, -0.25) is 14.4 Å². The monoisotopic (exact) mass is 891 g/mol. The van der Waals surface area contributed by atoms with Crippen molar-refractivity contribution in [2.75, 3.05) is 13.2 Å². The van der Waals surface area contributed by atoms with Crippen LogP contribution in [0, 0.1) is 11.8 Å². The molecule has 0 aliphatic rings. The summed E-state index contributed by atoms with van der Waals surface area (Å²) < 4.78 is 16.8. The number of ether oxygens (including phenoxy) is 3. The lowest BCUT2D eigenvalue weighted by Gasteiger charge is -2.18. The van der Waals surface area contributed by atoms with Gasteiger partial charge in [0.05, 0.1) is 0 Å². The van der Waals surface area contributed by atoms with E-state index in [9.17, 15) is 14.4 Å². The van der Waals surface area contributed by atoms with Crippen LogP contribution < -0.4 is 0 Å². The Labute approximate surface area is 393 Å². The van der Waals surface area contributed by atoms with Crippen molar-refractivity contribution in [3.8, 4) is 0 Å². The number of carbonyl (C=O) groups excluding carboxylic acids is 3. The van der Waals surface area contributed by atoms with E-state index >= 15 is 0 Å². The highest BCUT2D eigenvalue weighted by molar-refractivity contribution is 5.71. The van der Waals surface area contributed by atoms with Crippen molar-refractivity contribution in [3.05, 3.63) is 0 Å². The predicted octanol–water partition coefficient (Wildman–Crippen LogP) is 18.5. The Bertz CT molecular complexity index is 964. The van der Waals surface area contributed by atoms with E-state index in [0.717, 1.165) is 69.6 Å². The van der Waals surface area contributed by atoms with E-state index < -0.39 is 6.10 Å². The first-order chi connectivity index (χ1) is 30.8. The van der Waals surface area contributed by atoms with Crippen molar-refractivity contribution in [2.24, 2.45) is 11.8 Å². The predicted molar refractivity (Wildman–Crippen MR) is 270 cm³/mol. The second kappa shape index (κ2) is 49.8. The van der Waals surface area contributed by atoms with E-state index in [1.807, 2.05) is 0 Å². The van der Waals surface area contributed by atoms with Crippen molar-refractivity contribution in [2.45, 2.75) is 323 Å². The molecular formula is C57H110O6. The standard InChI is InChI=1S/C57H110O6/c1-6-8-9-10-11-12-13-20-25-28-33-39-44-49-57(60)63-54(51-62-56(59)48-43-38-34-29-30-35-40-45-52(3)4)50-61-55(58)47-42-37-32-27-24-22-19-17-15-14-16-18-21-23-26-31-36-41-46-53(5)7-2/h52-54H,6-51H2,1-5H3/t53?,54-/m0/s1. The third-order valence-electron chi connectivity index (χ3n) is 13.3. The Kier molecular flexibility index (Phi) is 48.6. The molecule has 0 amide bonds. The second-order valence-electron chi connectivity index (χ2n) is 20.3. The average molecular weight is 892 g/mol. The minimum Gasteiger partial charge on any atom is -0.462 e. The summed E-state index contributed by atoms with van der Waals surface area (Å²) in [5.74, 6) is 0.846. The van der Waals surface area contributed by atoms with Gasteiger partial charge in [-0.1, -0.05) is 279 Å². The van der Waals surface area contributed by atoms with Crippen LogP contribution in [0.2, 0.25) is 0 Å². The van der Waals surface area contributed by atoms with Crippen molar-refractivity contribution < 1.29 is 28.6 Å². The molecule has 0 saturated heterocycles. The molecule has 374 valence electrons.